The van der Waals surface area contributed by atoms with Crippen LogP contribution < -0.4 is 0 Å². The number of aliphatic imine (C=N–C) groups is 1. The molecule has 4 aromatic rings. The summed E-state index contributed by atoms with van der Waals surface area (Å²) in [7, 11) is 0. The molecule has 0 aromatic heterocycles. The number of aromatic hydroxyl groups is 1. The average molecular weight is 444 g/mol. The summed E-state index contributed by atoms with van der Waals surface area (Å²) >= 11 is 3.54. The van der Waals surface area contributed by atoms with Crippen LogP contribution in [0.5, 0.6) is 5.75 Å². The van der Waals surface area contributed by atoms with E-state index in [1.807, 2.05) is 24.4 Å². The zero-order chi connectivity index (χ0) is 20.4. The average Bonchev–Trinajstić information content (AvgIpc) is 2.72. The van der Waals surface area contributed by atoms with Crippen LogP contribution in [0.4, 0.5) is 0 Å². The zero-order valence-electron chi connectivity index (χ0n) is 16.4. The fourth-order valence-electron chi connectivity index (χ4n) is 3.49. The number of phenolic OH excluding ortho intramolecular Hbond substituents is 1. The molecule has 0 saturated heterocycles. The van der Waals surface area contributed by atoms with Crippen LogP contribution in [-0.2, 0) is 0 Å². The number of benzene rings is 4. The molecule has 0 bridgehead atoms. The number of halogens is 1. The molecule has 1 unspecified atom stereocenters. The van der Waals surface area contributed by atoms with Crippen molar-refractivity contribution in [1.29, 1.82) is 0 Å². The summed E-state index contributed by atoms with van der Waals surface area (Å²) in [5.41, 5.74) is 5.32. The van der Waals surface area contributed by atoms with E-state index in [1.165, 1.54) is 11.1 Å². The second-order valence-electron chi connectivity index (χ2n) is 7.37. The fraction of sp³-hybridized carbons (Fsp3) is 0.115. The lowest BCUT2D eigenvalue weighted by Crippen LogP contribution is -2.01. The predicted octanol–water partition coefficient (Wildman–Crippen LogP) is 7.13. The molecular weight excluding hydrogens is 422 g/mol. The summed E-state index contributed by atoms with van der Waals surface area (Å²) in [5, 5.41) is 12.9. The second kappa shape index (κ2) is 8.22. The lowest BCUT2D eigenvalue weighted by atomic mass is 9.92. The Hall–Kier alpha value is -2.91. The van der Waals surface area contributed by atoms with Crippen LogP contribution in [0.2, 0.25) is 0 Å². The van der Waals surface area contributed by atoms with Gasteiger partial charge in [0.05, 0.1) is 0 Å². The number of hydrogen-bond acceptors (Lipinski definition) is 2. The highest BCUT2D eigenvalue weighted by molar-refractivity contribution is 9.10. The molecule has 4 rings (SSSR count). The van der Waals surface area contributed by atoms with E-state index in [0.29, 0.717) is 0 Å². The minimum Gasteiger partial charge on any atom is -0.508 e. The Morgan fingerprint density at radius 1 is 0.828 bits per heavy atom. The molecule has 1 N–H and O–H groups in total. The van der Waals surface area contributed by atoms with E-state index in [2.05, 4.69) is 84.4 Å². The Kier molecular flexibility index (Phi) is 5.50. The van der Waals surface area contributed by atoms with Crippen molar-refractivity contribution in [2.45, 2.75) is 19.9 Å². The highest BCUT2D eigenvalue weighted by Gasteiger charge is 2.19. The molecule has 2 nitrogen and oxygen atoms in total. The molecule has 4 aromatic carbocycles. The van der Waals surface area contributed by atoms with Gasteiger partial charge in [-0.05, 0) is 53.9 Å². The van der Waals surface area contributed by atoms with Crippen LogP contribution in [-0.4, -0.2) is 11.3 Å². The van der Waals surface area contributed by atoms with E-state index >= 15 is 0 Å². The second-order valence-corrected chi connectivity index (χ2v) is 8.28. The van der Waals surface area contributed by atoms with Gasteiger partial charge in [-0.15, -0.1) is 0 Å². The number of aryl methyl sites for hydroxylation is 2. The van der Waals surface area contributed by atoms with Gasteiger partial charge in [0.25, 0.3) is 0 Å². The SMILES string of the molecule is Cc1ccc(C=NC(c2ccc(C)cc2)c2c(O)ccc3cc(Br)ccc23)cc1. The Balaban J connectivity index is 1.88. The van der Waals surface area contributed by atoms with Gasteiger partial charge in [-0.3, -0.25) is 4.99 Å². The number of phenols is 1. The highest BCUT2D eigenvalue weighted by atomic mass is 79.9. The minimum absolute atomic E-state index is 0.256. The Labute approximate surface area is 179 Å². The molecule has 0 aliphatic rings. The fourth-order valence-corrected chi connectivity index (χ4v) is 3.87. The first-order valence-electron chi connectivity index (χ1n) is 9.59. The van der Waals surface area contributed by atoms with E-state index in [4.69, 9.17) is 4.99 Å². The van der Waals surface area contributed by atoms with Crippen LogP contribution in [0, 0.1) is 13.8 Å². The molecule has 0 saturated carbocycles. The van der Waals surface area contributed by atoms with Crippen LogP contribution in [0.3, 0.4) is 0 Å². The summed E-state index contributed by atoms with van der Waals surface area (Å²) in [6.45, 7) is 4.14. The molecular formula is C26H22BrNO. The maximum atomic E-state index is 10.8. The van der Waals surface area contributed by atoms with Crippen molar-refractivity contribution in [3.8, 4) is 5.75 Å². The molecule has 0 heterocycles. The number of fused-ring (bicyclic) bond motifs is 1. The molecule has 0 fully saturated rings. The van der Waals surface area contributed by atoms with Gasteiger partial charge >= 0.3 is 0 Å². The minimum atomic E-state index is -0.304. The van der Waals surface area contributed by atoms with Gasteiger partial charge < -0.3 is 5.11 Å². The maximum absolute atomic E-state index is 10.8. The molecule has 1 atom stereocenters. The summed E-state index contributed by atoms with van der Waals surface area (Å²) in [6.07, 6.45) is 1.89. The van der Waals surface area contributed by atoms with Gasteiger partial charge in [0.15, 0.2) is 0 Å². The first-order valence-corrected chi connectivity index (χ1v) is 10.4. The molecule has 0 spiro atoms. The van der Waals surface area contributed by atoms with Gasteiger partial charge in [0, 0.05) is 16.3 Å². The topological polar surface area (TPSA) is 32.6 Å². The summed E-state index contributed by atoms with van der Waals surface area (Å²) in [5.74, 6) is 0.256. The van der Waals surface area contributed by atoms with E-state index < -0.39 is 0 Å². The smallest absolute Gasteiger partial charge is 0.121 e. The van der Waals surface area contributed by atoms with Crippen LogP contribution in [0.15, 0.2) is 88.3 Å². The Morgan fingerprint density at radius 3 is 2.17 bits per heavy atom. The van der Waals surface area contributed by atoms with E-state index in [-0.39, 0.29) is 11.8 Å². The standard InChI is InChI=1S/C26H22BrNO/c1-17-3-7-19(8-4-17)16-28-26(20-9-5-18(2)6-10-20)25-23-13-12-22(27)15-21(23)11-14-24(25)29/h3-16,26,29H,1-2H3. The molecule has 0 amide bonds. The van der Waals surface area contributed by atoms with E-state index in [1.54, 1.807) is 6.07 Å². The van der Waals surface area contributed by atoms with Gasteiger partial charge in [-0.25, -0.2) is 0 Å². The third-order valence-corrected chi connectivity index (χ3v) is 5.61. The summed E-state index contributed by atoms with van der Waals surface area (Å²) in [6, 6.07) is 26.1. The number of hydrogen-bond donors (Lipinski definition) is 1. The lowest BCUT2D eigenvalue weighted by Gasteiger charge is -2.18. The largest absolute Gasteiger partial charge is 0.508 e. The molecule has 0 radical (unpaired) electrons. The molecule has 29 heavy (non-hydrogen) atoms. The molecule has 0 aliphatic heterocycles. The molecule has 0 aliphatic carbocycles. The zero-order valence-corrected chi connectivity index (χ0v) is 18.0. The lowest BCUT2D eigenvalue weighted by molar-refractivity contribution is 0.467. The number of nitrogens with zero attached hydrogens (tertiary/aromatic N) is 1. The van der Waals surface area contributed by atoms with Gasteiger partial charge in [0.1, 0.15) is 11.8 Å². The van der Waals surface area contributed by atoms with Crippen LogP contribution >= 0.6 is 15.9 Å². The third kappa shape index (κ3) is 4.25. The van der Waals surface area contributed by atoms with Crippen molar-refractivity contribution in [3.05, 3.63) is 111 Å². The molecule has 3 heteroatoms. The number of rotatable bonds is 4. The van der Waals surface area contributed by atoms with Gasteiger partial charge in [-0.2, -0.15) is 0 Å². The first-order chi connectivity index (χ1) is 14.0. The normalized spacial score (nSPS) is 12.5. The summed E-state index contributed by atoms with van der Waals surface area (Å²) < 4.78 is 1.01. The van der Waals surface area contributed by atoms with E-state index in [9.17, 15) is 5.11 Å². The van der Waals surface area contributed by atoms with Crippen LogP contribution in [0.1, 0.15) is 33.9 Å². The van der Waals surface area contributed by atoms with Crippen LogP contribution in [0.25, 0.3) is 10.8 Å². The monoisotopic (exact) mass is 443 g/mol. The van der Waals surface area contributed by atoms with Crippen molar-refractivity contribution in [2.24, 2.45) is 4.99 Å². The highest BCUT2D eigenvalue weighted by Crippen LogP contribution is 2.38. The summed E-state index contributed by atoms with van der Waals surface area (Å²) in [4.78, 5) is 4.93. The van der Waals surface area contributed by atoms with Crippen molar-refractivity contribution in [3.63, 3.8) is 0 Å². The van der Waals surface area contributed by atoms with Crippen molar-refractivity contribution < 1.29 is 5.11 Å². The van der Waals surface area contributed by atoms with Crippen molar-refractivity contribution in [1.82, 2.24) is 0 Å². The quantitative estimate of drug-likeness (QED) is 0.334. The Morgan fingerprint density at radius 2 is 1.48 bits per heavy atom. The van der Waals surface area contributed by atoms with Gasteiger partial charge in [0.2, 0.25) is 0 Å². The first kappa shape index (κ1) is 19.4. The maximum Gasteiger partial charge on any atom is 0.121 e. The molecule has 144 valence electrons. The van der Waals surface area contributed by atoms with E-state index in [0.717, 1.165) is 31.9 Å². The van der Waals surface area contributed by atoms with Crippen molar-refractivity contribution >= 4 is 32.9 Å². The van der Waals surface area contributed by atoms with Gasteiger partial charge in [-0.1, -0.05) is 87.7 Å². The Bertz CT molecular complexity index is 1180. The van der Waals surface area contributed by atoms with Crippen molar-refractivity contribution in [2.75, 3.05) is 0 Å². The third-order valence-electron chi connectivity index (χ3n) is 5.12. The predicted molar refractivity (Wildman–Crippen MR) is 125 cm³/mol.